The standard InChI is InChI=1S/C18H31N3/c1-4-21-13-8-11-17(12-14-21)19-18(15-20(2)3)16-9-6-5-7-10-16/h5-7,9-10,17-19H,4,8,11-15H2,1-3H3. The molecule has 2 unspecified atom stereocenters. The van der Waals surface area contributed by atoms with E-state index < -0.39 is 0 Å². The Morgan fingerprint density at radius 3 is 2.62 bits per heavy atom. The molecule has 0 amide bonds. The second-order valence-corrected chi connectivity index (χ2v) is 6.45. The van der Waals surface area contributed by atoms with E-state index in [1.807, 2.05) is 0 Å². The zero-order valence-electron chi connectivity index (χ0n) is 13.9. The first-order valence-corrected chi connectivity index (χ1v) is 8.37. The van der Waals surface area contributed by atoms with Crippen molar-refractivity contribution in [2.75, 3.05) is 40.3 Å². The van der Waals surface area contributed by atoms with Gasteiger partial charge in [-0.1, -0.05) is 37.3 Å². The molecule has 1 heterocycles. The number of likely N-dealkylation sites (N-methyl/N-ethyl adjacent to an activating group) is 1. The first-order chi connectivity index (χ1) is 10.2. The first kappa shape index (κ1) is 16.5. The highest BCUT2D eigenvalue weighted by molar-refractivity contribution is 5.19. The van der Waals surface area contributed by atoms with Crippen LogP contribution in [0.2, 0.25) is 0 Å². The van der Waals surface area contributed by atoms with E-state index in [2.05, 4.69) is 66.5 Å². The molecule has 1 saturated heterocycles. The largest absolute Gasteiger partial charge is 0.308 e. The van der Waals surface area contributed by atoms with Crippen molar-refractivity contribution in [2.45, 2.75) is 38.3 Å². The third kappa shape index (κ3) is 5.42. The SMILES string of the molecule is CCN1CCCC(NC(CN(C)C)c2ccccc2)CC1. The van der Waals surface area contributed by atoms with Crippen LogP contribution in [0.25, 0.3) is 0 Å². The van der Waals surface area contributed by atoms with Crippen LogP contribution in [0.1, 0.15) is 37.8 Å². The van der Waals surface area contributed by atoms with Gasteiger partial charge in [-0.05, 0) is 58.6 Å². The van der Waals surface area contributed by atoms with Crippen LogP contribution in [-0.4, -0.2) is 56.1 Å². The van der Waals surface area contributed by atoms with Crippen LogP contribution >= 0.6 is 0 Å². The Morgan fingerprint density at radius 2 is 1.95 bits per heavy atom. The maximum atomic E-state index is 3.92. The van der Waals surface area contributed by atoms with Gasteiger partial charge in [-0.2, -0.15) is 0 Å². The van der Waals surface area contributed by atoms with Gasteiger partial charge in [0.25, 0.3) is 0 Å². The maximum Gasteiger partial charge on any atom is 0.0451 e. The predicted molar refractivity (Wildman–Crippen MR) is 90.6 cm³/mol. The van der Waals surface area contributed by atoms with Gasteiger partial charge in [0.2, 0.25) is 0 Å². The highest BCUT2D eigenvalue weighted by Crippen LogP contribution is 2.18. The van der Waals surface area contributed by atoms with Crippen LogP contribution < -0.4 is 5.32 Å². The molecule has 118 valence electrons. The minimum absolute atomic E-state index is 0.430. The normalized spacial score (nSPS) is 22.2. The summed E-state index contributed by atoms with van der Waals surface area (Å²) in [7, 11) is 4.31. The Kier molecular flexibility index (Phi) is 6.68. The van der Waals surface area contributed by atoms with E-state index in [4.69, 9.17) is 0 Å². The van der Waals surface area contributed by atoms with Gasteiger partial charge in [-0.3, -0.25) is 0 Å². The molecule has 1 aromatic rings. The lowest BCUT2D eigenvalue weighted by molar-refractivity contribution is 0.286. The van der Waals surface area contributed by atoms with Gasteiger partial charge in [-0.25, -0.2) is 0 Å². The van der Waals surface area contributed by atoms with E-state index in [0.717, 1.165) is 6.54 Å². The van der Waals surface area contributed by atoms with Crippen molar-refractivity contribution in [3.63, 3.8) is 0 Å². The monoisotopic (exact) mass is 289 g/mol. The molecular formula is C18H31N3. The number of likely N-dealkylation sites (tertiary alicyclic amines) is 1. The topological polar surface area (TPSA) is 18.5 Å². The molecule has 3 heteroatoms. The molecule has 1 aliphatic rings. The quantitative estimate of drug-likeness (QED) is 0.869. The van der Waals surface area contributed by atoms with Crippen LogP contribution in [0.4, 0.5) is 0 Å². The van der Waals surface area contributed by atoms with Gasteiger partial charge < -0.3 is 15.1 Å². The molecule has 0 radical (unpaired) electrons. The van der Waals surface area contributed by atoms with E-state index in [-0.39, 0.29) is 0 Å². The molecule has 0 bridgehead atoms. The van der Waals surface area contributed by atoms with Gasteiger partial charge in [0.15, 0.2) is 0 Å². The number of nitrogens with one attached hydrogen (secondary N) is 1. The fraction of sp³-hybridized carbons (Fsp3) is 0.667. The number of rotatable bonds is 6. The summed E-state index contributed by atoms with van der Waals surface area (Å²) in [5.41, 5.74) is 1.41. The molecule has 0 saturated carbocycles. The van der Waals surface area contributed by atoms with Crippen molar-refractivity contribution in [1.29, 1.82) is 0 Å². The van der Waals surface area contributed by atoms with Crippen LogP contribution in [0.15, 0.2) is 30.3 Å². The molecular weight excluding hydrogens is 258 g/mol. The molecule has 0 aliphatic carbocycles. The minimum atomic E-state index is 0.430. The third-order valence-corrected chi connectivity index (χ3v) is 4.45. The van der Waals surface area contributed by atoms with Crippen molar-refractivity contribution < 1.29 is 0 Å². The van der Waals surface area contributed by atoms with Crippen molar-refractivity contribution in [2.24, 2.45) is 0 Å². The van der Waals surface area contributed by atoms with Gasteiger partial charge >= 0.3 is 0 Å². The fourth-order valence-corrected chi connectivity index (χ4v) is 3.23. The summed E-state index contributed by atoms with van der Waals surface area (Å²) in [4.78, 5) is 4.85. The van der Waals surface area contributed by atoms with Gasteiger partial charge in [0, 0.05) is 18.6 Å². The number of benzene rings is 1. The smallest absolute Gasteiger partial charge is 0.0451 e. The third-order valence-electron chi connectivity index (χ3n) is 4.45. The molecule has 1 aliphatic heterocycles. The molecule has 1 aromatic carbocycles. The Balaban J connectivity index is 1.98. The lowest BCUT2D eigenvalue weighted by Crippen LogP contribution is -2.38. The van der Waals surface area contributed by atoms with E-state index in [9.17, 15) is 0 Å². The number of hydrogen-bond donors (Lipinski definition) is 1. The van der Waals surface area contributed by atoms with Crippen LogP contribution in [0.5, 0.6) is 0 Å². The van der Waals surface area contributed by atoms with Crippen molar-refractivity contribution in [1.82, 2.24) is 15.1 Å². The lowest BCUT2D eigenvalue weighted by Gasteiger charge is -2.28. The number of nitrogens with zero attached hydrogens (tertiary/aromatic N) is 2. The highest BCUT2D eigenvalue weighted by Gasteiger charge is 2.20. The highest BCUT2D eigenvalue weighted by atomic mass is 15.1. The van der Waals surface area contributed by atoms with Crippen molar-refractivity contribution in [3.8, 4) is 0 Å². The Labute approximate surface area is 130 Å². The Bertz CT molecular complexity index is 391. The first-order valence-electron chi connectivity index (χ1n) is 8.37. The van der Waals surface area contributed by atoms with Crippen molar-refractivity contribution in [3.05, 3.63) is 35.9 Å². The van der Waals surface area contributed by atoms with Crippen molar-refractivity contribution >= 4 is 0 Å². The summed E-state index contributed by atoms with van der Waals surface area (Å²) in [6, 6.07) is 12.0. The predicted octanol–water partition coefficient (Wildman–Crippen LogP) is 2.75. The van der Waals surface area contributed by atoms with E-state index in [1.165, 1.54) is 44.5 Å². The summed E-state index contributed by atoms with van der Waals surface area (Å²) in [6.45, 7) is 7.01. The van der Waals surface area contributed by atoms with E-state index >= 15 is 0 Å². The van der Waals surface area contributed by atoms with Crippen LogP contribution in [-0.2, 0) is 0 Å². The van der Waals surface area contributed by atoms with Crippen LogP contribution in [0, 0.1) is 0 Å². The average molecular weight is 289 g/mol. The fourth-order valence-electron chi connectivity index (χ4n) is 3.23. The molecule has 3 nitrogen and oxygen atoms in total. The molecule has 21 heavy (non-hydrogen) atoms. The second-order valence-electron chi connectivity index (χ2n) is 6.45. The Hall–Kier alpha value is -0.900. The van der Waals surface area contributed by atoms with E-state index in [0.29, 0.717) is 12.1 Å². The summed E-state index contributed by atoms with van der Waals surface area (Å²) in [5.74, 6) is 0. The molecule has 0 aromatic heterocycles. The average Bonchev–Trinajstić information content (AvgIpc) is 2.72. The van der Waals surface area contributed by atoms with Crippen LogP contribution in [0.3, 0.4) is 0 Å². The second kappa shape index (κ2) is 8.52. The van der Waals surface area contributed by atoms with E-state index in [1.54, 1.807) is 0 Å². The molecule has 1 N–H and O–H groups in total. The summed E-state index contributed by atoms with van der Waals surface area (Å²) in [6.07, 6.45) is 3.88. The number of hydrogen-bond acceptors (Lipinski definition) is 3. The molecule has 0 spiro atoms. The molecule has 2 atom stereocenters. The van der Waals surface area contributed by atoms with Gasteiger partial charge in [0.05, 0.1) is 0 Å². The lowest BCUT2D eigenvalue weighted by atomic mass is 10.0. The zero-order chi connectivity index (χ0) is 15.1. The Morgan fingerprint density at radius 1 is 1.19 bits per heavy atom. The summed E-state index contributed by atoms with van der Waals surface area (Å²) < 4.78 is 0. The van der Waals surface area contributed by atoms with Gasteiger partial charge in [0.1, 0.15) is 0 Å². The minimum Gasteiger partial charge on any atom is -0.308 e. The zero-order valence-corrected chi connectivity index (χ0v) is 13.9. The molecule has 1 fully saturated rings. The molecule has 2 rings (SSSR count). The summed E-state index contributed by atoms with van der Waals surface area (Å²) >= 11 is 0. The maximum absolute atomic E-state index is 3.92. The van der Waals surface area contributed by atoms with Gasteiger partial charge in [-0.15, -0.1) is 0 Å². The summed E-state index contributed by atoms with van der Waals surface area (Å²) in [5, 5.41) is 3.92.